The predicted molar refractivity (Wildman–Crippen MR) is 73.5 cm³/mol. The van der Waals surface area contributed by atoms with E-state index in [9.17, 15) is 0 Å². The highest BCUT2D eigenvalue weighted by Crippen LogP contribution is 2.22. The molecule has 0 bridgehead atoms. The molecule has 0 N–H and O–H groups in total. The number of ether oxygens (including phenoxy) is 1. The van der Waals surface area contributed by atoms with Gasteiger partial charge in [-0.25, -0.2) is 0 Å². The van der Waals surface area contributed by atoms with Gasteiger partial charge in [-0.15, -0.1) is 0 Å². The normalized spacial score (nSPS) is 12.9. The second-order valence-corrected chi connectivity index (χ2v) is 5.31. The summed E-state index contributed by atoms with van der Waals surface area (Å²) in [6, 6.07) is 6.22. The lowest BCUT2D eigenvalue weighted by molar-refractivity contribution is 0.226. The second-order valence-electron chi connectivity index (χ2n) is 4.67. The fourth-order valence-electron chi connectivity index (χ4n) is 1.49. The van der Waals surface area contributed by atoms with E-state index >= 15 is 0 Å². The molecule has 0 spiro atoms. The van der Waals surface area contributed by atoms with Crippen molar-refractivity contribution in [2.24, 2.45) is 11.8 Å². The quantitative estimate of drug-likeness (QED) is 0.731. The van der Waals surface area contributed by atoms with Gasteiger partial charge in [-0.3, -0.25) is 0 Å². The van der Waals surface area contributed by atoms with Gasteiger partial charge >= 0.3 is 0 Å². The lowest BCUT2D eigenvalue weighted by atomic mass is 9.99. The Kier molecular flexibility index (Phi) is 5.33. The number of hydrogen-bond acceptors (Lipinski definition) is 1. The smallest absolute Gasteiger partial charge is 0.122 e. The van der Waals surface area contributed by atoms with Crippen LogP contribution in [0, 0.1) is 25.7 Å². The number of alkyl halides is 1. The van der Waals surface area contributed by atoms with E-state index in [4.69, 9.17) is 4.74 Å². The van der Waals surface area contributed by atoms with Crippen LogP contribution in [0.1, 0.15) is 25.0 Å². The van der Waals surface area contributed by atoms with Gasteiger partial charge in [0.1, 0.15) is 5.75 Å². The maximum absolute atomic E-state index is 5.90. The molecule has 0 fully saturated rings. The Hall–Kier alpha value is -0.500. The van der Waals surface area contributed by atoms with Crippen LogP contribution in [0.15, 0.2) is 18.2 Å². The summed E-state index contributed by atoms with van der Waals surface area (Å²) < 4.78 is 5.90. The van der Waals surface area contributed by atoms with Gasteiger partial charge in [0.15, 0.2) is 0 Å². The minimum atomic E-state index is 0.569. The van der Waals surface area contributed by atoms with Crippen LogP contribution in [0.4, 0.5) is 0 Å². The summed E-state index contributed by atoms with van der Waals surface area (Å²) in [5.41, 5.74) is 2.54. The largest absolute Gasteiger partial charge is 0.493 e. The summed E-state index contributed by atoms with van der Waals surface area (Å²) in [7, 11) is 0. The first-order chi connectivity index (χ1) is 7.56. The molecule has 0 aromatic heterocycles. The van der Waals surface area contributed by atoms with Gasteiger partial charge < -0.3 is 4.74 Å². The zero-order valence-corrected chi connectivity index (χ0v) is 12.2. The summed E-state index contributed by atoms with van der Waals surface area (Å²) in [5.74, 6) is 2.23. The molecule has 0 aliphatic carbocycles. The molecule has 1 aromatic rings. The Morgan fingerprint density at radius 2 is 1.94 bits per heavy atom. The first-order valence-electron chi connectivity index (χ1n) is 5.81. The van der Waals surface area contributed by atoms with Gasteiger partial charge in [-0.2, -0.15) is 0 Å². The second kappa shape index (κ2) is 6.29. The van der Waals surface area contributed by atoms with E-state index in [2.05, 4.69) is 55.8 Å². The van der Waals surface area contributed by atoms with Gasteiger partial charge in [0.05, 0.1) is 6.61 Å². The first-order valence-corrected chi connectivity index (χ1v) is 6.93. The van der Waals surface area contributed by atoms with Crippen molar-refractivity contribution in [3.8, 4) is 5.75 Å². The SMILES string of the molecule is Cc1cccc(OCC(CBr)C(C)C)c1C. The van der Waals surface area contributed by atoms with Gasteiger partial charge in [0, 0.05) is 11.2 Å². The number of halogens is 1. The lowest BCUT2D eigenvalue weighted by Crippen LogP contribution is -2.19. The average molecular weight is 285 g/mol. The molecule has 0 heterocycles. The van der Waals surface area contributed by atoms with Crippen molar-refractivity contribution in [1.29, 1.82) is 0 Å². The molecule has 0 saturated heterocycles. The van der Waals surface area contributed by atoms with Crippen LogP contribution in [0.2, 0.25) is 0 Å². The summed E-state index contributed by atoms with van der Waals surface area (Å²) in [4.78, 5) is 0. The highest BCUT2D eigenvalue weighted by atomic mass is 79.9. The van der Waals surface area contributed by atoms with Gasteiger partial charge in [-0.1, -0.05) is 41.9 Å². The van der Waals surface area contributed by atoms with Crippen LogP contribution >= 0.6 is 15.9 Å². The van der Waals surface area contributed by atoms with Crippen molar-refractivity contribution in [1.82, 2.24) is 0 Å². The van der Waals surface area contributed by atoms with Crippen molar-refractivity contribution < 1.29 is 4.74 Å². The Morgan fingerprint density at radius 3 is 2.50 bits per heavy atom. The van der Waals surface area contributed by atoms with Gasteiger partial charge in [0.25, 0.3) is 0 Å². The van der Waals surface area contributed by atoms with Gasteiger partial charge in [0.2, 0.25) is 0 Å². The van der Waals surface area contributed by atoms with Crippen LogP contribution in [0.25, 0.3) is 0 Å². The fourth-order valence-corrected chi connectivity index (χ4v) is 2.43. The van der Waals surface area contributed by atoms with Crippen molar-refractivity contribution in [3.63, 3.8) is 0 Å². The zero-order valence-electron chi connectivity index (χ0n) is 10.6. The minimum absolute atomic E-state index is 0.569. The Morgan fingerprint density at radius 1 is 1.25 bits per heavy atom. The van der Waals surface area contributed by atoms with E-state index < -0.39 is 0 Å². The molecular weight excluding hydrogens is 264 g/mol. The van der Waals surface area contributed by atoms with Gasteiger partial charge in [-0.05, 0) is 37.0 Å². The van der Waals surface area contributed by atoms with Crippen molar-refractivity contribution in [2.45, 2.75) is 27.7 Å². The highest BCUT2D eigenvalue weighted by Gasteiger charge is 2.13. The maximum Gasteiger partial charge on any atom is 0.122 e. The van der Waals surface area contributed by atoms with Crippen LogP contribution in [-0.4, -0.2) is 11.9 Å². The predicted octanol–water partition coefficient (Wildman–Crippen LogP) is 4.35. The first kappa shape index (κ1) is 13.6. The molecule has 1 atom stereocenters. The Bertz CT molecular complexity index is 334. The number of aryl methyl sites for hydroxylation is 1. The topological polar surface area (TPSA) is 9.23 Å². The van der Waals surface area contributed by atoms with Crippen LogP contribution in [-0.2, 0) is 0 Å². The molecule has 1 rings (SSSR count). The average Bonchev–Trinajstić information content (AvgIpc) is 2.24. The molecule has 1 unspecified atom stereocenters. The molecule has 16 heavy (non-hydrogen) atoms. The van der Waals surface area contributed by atoms with E-state index in [1.807, 2.05) is 6.07 Å². The van der Waals surface area contributed by atoms with Crippen LogP contribution in [0.5, 0.6) is 5.75 Å². The number of hydrogen-bond donors (Lipinski definition) is 0. The third-order valence-corrected chi connectivity index (χ3v) is 3.98. The summed E-state index contributed by atoms with van der Waals surface area (Å²) in [5, 5.41) is 0.996. The lowest BCUT2D eigenvalue weighted by Gasteiger charge is -2.19. The van der Waals surface area contributed by atoms with E-state index in [1.54, 1.807) is 0 Å². The van der Waals surface area contributed by atoms with Crippen molar-refractivity contribution >= 4 is 15.9 Å². The standard InChI is InChI=1S/C14H21BrO/c1-10(2)13(8-15)9-16-14-7-5-6-11(3)12(14)4/h5-7,10,13H,8-9H2,1-4H3. The zero-order chi connectivity index (χ0) is 12.1. The molecular formula is C14H21BrO. The number of rotatable bonds is 5. The third kappa shape index (κ3) is 3.51. The molecule has 2 heteroatoms. The molecule has 0 aliphatic rings. The third-order valence-electron chi connectivity index (χ3n) is 3.15. The molecule has 0 aliphatic heterocycles. The molecule has 90 valence electrons. The van der Waals surface area contributed by atoms with E-state index in [0.29, 0.717) is 11.8 Å². The Balaban J connectivity index is 2.64. The summed E-state index contributed by atoms with van der Waals surface area (Å²) >= 11 is 3.54. The molecule has 0 saturated carbocycles. The van der Waals surface area contributed by atoms with Crippen molar-refractivity contribution in [3.05, 3.63) is 29.3 Å². The van der Waals surface area contributed by atoms with Crippen LogP contribution < -0.4 is 4.74 Å². The van der Waals surface area contributed by atoms with Crippen LogP contribution in [0.3, 0.4) is 0 Å². The highest BCUT2D eigenvalue weighted by molar-refractivity contribution is 9.09. The summed E-state index contributed by atoms with van der Waals surface area (Å²) in [6.07, 6.45) is 0. The number of benzene rings is 1. The fraction of sp³-hybridized carbons (Fsp3) is 0.571. The molecule has 1 aromatic carbocycles. The summed E-state index contributed by atoms with van der Waals surface area (Å²) in [6.45, 7) is 9.49. The van der Waals surface area contributed by atoms with Crippen molar-refractivity contribution in [2.75, 3.05) is 11.9 Å². The minimum Gasteiger partial charge on any atom is -0.493 e. The van der Waals surface area contributed by atoms with E-state index in [-0.39, 0.29) is 0 Å². The monoisotopic (exact) mass is 284 g/mol. The van der Waals surface area contributed by atoms with E-state index in [0.717, 1.165) is 17.7 Å². The molecule has 0 radical (unpaired) electrons. The molecule has 0 amide bonds. The van der Waals surface area contributed by atoms with E-state index in [1.165, 1.54) is 11.1 Å². The Labute approximate surface area is 107 Å². The molecule has 1 nitrogen and oxygen atoms in total. The maximum atomic E-state index is 5.90.